The van der Waals surface area contributed by atoms with Gasteiger partial charge in [0.15, 0.2) is 10.6 Å². The number of rotatable bonds is 1. The van der Waals surface area contributed by atoms with E-state index in [-0.39, 0.29) is 5.69 Å². The highest BCUT2D eigenvalue weighted by Crippen LogP contribution is 2.54. The Bertz CT molecular complexity index is 247. The lowest BCUT2D eigenvalue weighted by Crippen LogP contribution is -1.76. The van der Waals surface area contributed by atoms with E-state index in [1.54, 1.807) is 0 Å². The quantitative estimate of drug-likeness (QED) is 0.425. The highest BCUT2D eigenvalue weighted by Gasteiger charge is 2.42. The maximum absolute atomic E-state index is 9.88. The normalized spacial score (nSPS) is 11.5. The Hall–Kier alpha value is -0.970. The lowest BCUT2D eigenvalue weighted by molar-refractivity contribution is -0.379. The molecule has 0 saturated heterocycles. The molecule has 2 rings (SSSR count). The average molecular weight is 128 g/mol. The first kappa shape index (κ1) is 3.96. The van der Waals surface area contributed by atoms with Crippen LogP contribution in [0.2, 0.25) is 0 Å². The van der Waals surface area contributed by atoms with Crippen LogP contribution in [0.25, 0.3) is 10.6 Å². The van der Waals surface area contributed by atoms with Crippen LogP contribution in [-0.2, 0) is 0 Å². The van der Waals surface area contributed by atoms with Gasteiger partial charge in [0, 0.05) is 0 Å². The van der Waals surface area contributed by atoms with E-state index in [1.165, 1.54) is 11.5 Å². The van der Waals surface area contributed by atoms with E-state index in [9.17, 15) is 10.1 Å². The molecule has 0 saturated carbocycles. The average Bonchev–Trinajstić information content (AvgIpc) is 2.07. The second-order valence-electron chi connectivity index (χ2n) is 1.47. The summed E-state index contributed by atoms with van der Waals surface area (Å²) in [5.74, 6) is 0. The molecule has 0 unspecified atom stereocenters. The summed E-state index contributed by atoms with van der Waals surface area (Å²) in [7, 11) is 0. The number of hydrogen-bond donors (Lipinski definition) is 0. The summed E-state index contributed by atoms with van der Waals surface area (Å²) in [6, 6.07) is 0. The van der Waals surface area contributed by atoms with Crippen molar-refractivity contribution in [3.63, 3.8) is 0 Å². The molecule has 1 heterocycles. The van der Waals surface area contributed by atoms with Crippen molar-refractivity contribution >= 4 is 17.2 Å². The predicted octanol–water partition coefficient (Wildman–Crippen LogP) is 1.03. The lowest BCUT2D eigenvalue weighted by atomic mass is 10.9. The standard InChI is InChI=1S/C3N2O2S/c6-5(7)2-1-3(2)8-4-1. The van der Waals surface area contributed by atoms with Gasteiger partial charge in [-0.05, 0) is 11.5 Å². The third-order valence-electron chi connectivity index (χ3n) is 1.00. The summed E-state index contributed by atoms with van der Waals surface area (Å²) in [6.45, 7) is 0. The van der Waals surface area contributed by atoms with Gasteiger partial charge < -0.3 is 0 Å². The summed E-state index contributed by atoms with van der Waals surface area (Å²) in [6.07, 6.45) is 0. The first-order valence-corrected chi connectivity index (χ1v) is 2.72. The van der Waals surface area contributed by atoms with Crippen LogP contribution in [0.5, 0.6) is 0 Å². The Morgan fingerprint density at radius 1 is 1.75 bits per heavy atom. The molecule has 0 aromatic carbocycles. The van der Waals surface area contributed by atoms with Gasteiger partial charge in [0.05, 0.1) is 4.92 Å². The maximum Gasteiger partial charge on any atom is 0.318 e. The van der Waals surface area contributed by atoms with Crippen LogP contribution in [0.15, 0.2) is 0 Å². The zero-order valence-corrected chi connectivity index (χ0v) is 4.44. The van der Waals surface area contributed by atoms with Gasteiger partial charge in [-0.2, -0.15) is 4.37 Å². The highest BCUT2D eigenvalue weighted by atomic mass is 32.1. The molecule has 0 N–H and O–H groups in total. The van der Waals surface area contributed by atoms with E-state index in [1.807, 2.05) is 0 Å². The van der Waals surface area contributed by atoms with Gasteiger partial charge in [0.25, 0.3) is 0 Å². The first-order valence-electron chi connectivity index (χ1n) is 1.95. The summed E-state index contributed by atoms with van der Waals surface area (Å²) >= 11 is 1.20. The summed E-state index contributed by atoms with van der Waals surface area (Å²) < 4.78 is 3.66. The zero-order valence-electron chi connectivity index (χ0n) is 3.62. The SMILES string of the molecule is O=[N+]([O-])c1c2nsc1-2. The van der Waals surface area contributed by atoms with E-state index in [4.69, 9.17) is 0 Å². The monoisotopic (exact) mass is 128 g/mol. The van der Waals surface area contributed by atoms with Crippen molar-refractivity contribution in [3.05, 3.63) is 10.1 Å². The van der Waals surface area contributed by atoms with Crippen LogP contribution in [0, 0.1) is 10.1 Å². The molecule has 0 aromatic rings. The Morgan fingerprint density at radius 2 is 2.38 bits per heavy atom. The Kier molecular flexibility index (Phi) is 0.445. The molecule has 1 aliphatic heterocycles. The molecule has 0 spiro atoms. The lowest BCUT2D eigenvalue weighted by Gasteiger charge is -1.69. The van der Waals surface area contributed by atoms with Crippen molar-refractivity contribution in [2.45, 2.75) is 0 Å². The summed E-state index contributed by atoms with van der Waals surface area (Å²) in [4.78, 5) is 10.3. The van der Waals surface area contributed by atoms with Gasteiger partial charge >= 0.3 is 5.69 Å². The van der Waals surface area contributed by atoms with Crippen molar-refractivity contribution in [2.24, 2.45) is 0 Å². The van der Waals surface area contributed by atoms with Gasteiger partial charge in [-0.3, -0.25) is 10.1 Å². The molecular formula is C3N2O2S. The number of nitrogens with zero attached hydrogens (tertiary/aromatic N) is 2. The Balaban J connectivity index is 2.51. The van der Waals surface area contributed by atoms with E-state index < -0.39 is 4.92 Å². The zero-order chi connectivity index (χ0) is 5.72. The molecule has 0 fully saturated rings. The molecule has 4 nitrogen and oxygen atoms in total. The Labute approximate surface area is 48.1 Å². The molecule has 40 valence electrons. The number of nitro groups is 1. The van der Waals surface area contributed by atoms with Gasteiger partial charge in [-0.15, -0.1) is 0 Å². The van der Waals surface area contributed by atoms with Gasteiger partial charge in [-0.25, -0.2) is 0 Å². The maximum atomic E-state index is 9.88. The van der Waals surface area contributed by atoms with Crippen molar-refractivity contribution in [2.75, 3.05) is 0 Å². The minimum Gasteiger partial charge on any atom is -0.258 e. The molecule has 0 atom stereocenters. The highest BCUT2D eigenvalue weighted by molar-refractivity contribution is 7.14. The summed E-state index contributed by atoms with van der Waals surface area (Å²) in [5, 5.41) is 9.88. The van der Waals surface area contributed by atoms with Crippen LogP contribution in [0.3, 0.4) is 0 Å². The molecule has 0 aromatic heterocycles. The second kappa shape index (κ2) is 0.899. The number of fused-ring (bicyclic) bond motifs is 1. The topological polar surface area (TPSA) is 56.0 Å². The van der Waals surface area contributed by atoms with E-state index in [2.05, 4.69) is 4.37 Å². The molecule has 0 amide bonds. The van der Waals surface area contributed by atoms with Crippen molar-refractivity contribution in [1.82, 2.24) is 4.37 Å². The van der Waals surface area contributed by atoms with E-state index >= 15 is 0 Å². The molecule has 0 bridgehead atoms. The van der Waals surface area contributed by atoms with Crippen LogP contribution in [-0.4, -0.2) is 9.30 Å². The van der Waals surface area contributed by atoms with Gasteiger partial charge in [0.2, 0.25) is 0 Å². The minimum atomic E-state index is -0.395. The predicted molar refractivity (Wildman–Crippen MR) is 27.8 cm³/mol. The minimum absolute atomic E-state index is 0.231. The van der Waals surface area contributed by atoms with Crippen LogP contribution in [0.4, 0.5) is 5.69 Å². The van der Waals surface area contributed by atoms with Crippen molar-refractivity contribution in [3.8, 4) is 10.6 Å². The fourth-order valence-corrected chi connectivity index (χ4v) is 1.21. The van der Waals surface area contributed by atoms with Gasteiger partial charge in [0.1, 0.15) is 0 Å². The largest absolute Gasteiger partial charge is 0.318 e. The fourth-order valence-electron chi connectivity index (χ4n) is 0.545. The number of hydrogen-bond acceptors (Lipinski definition) is 4. The molecule has 2 aliphatic rings. The molecule has 5 heteroatoms. The first-order chi connectivity index (χ1) is 3.80. The third kappa shape index (κ3) is 0.251. The third-order valence-corrected chi connectivity index (χ3v) is 1.85. The molecule has 1 aliphatic carbocycles. The van der Waals surface area contributed by atoms with E-state index in [0.717, 1.165) is 4.88 Å². The smallest absolute Gasteiger partial charge is 0.258 e. The van der Waals surface area contributed by atoms with Crippen molar-refractivity contribution < 1.29 is 4.92 Å². The Morgan fingerprint density at radius 3 is 2.50 bits per heavy atom. The van der Waals surface area contributed by atoms with Crippen LogP contribution < -0.4 is 0 Å². The van der Waals surface area contributed by atoms with Gasteiger partial charge in [-0.1, -0.05) is 0 Å². The van der Waals surface area contributed by atoms with Crippen LogP contribution >= 0.6 is 11.5 Å². The van der Waals surface area contributed by atoms with E-state index in [0.29, 0.717) is 5.69 Å². The fraction of sp³-hybridized carbons (Fsp3) is 0. The molecule has 0 radical (unpaired) electrons. The number of aromatic nitrogens is 1. The summed E-state index contributed by atoms with van der Waals surface area (Å²) in [5.41, 5.74) is 0.843. The second-order valence-corrected chi connectivity index (χ2v) is 2.24. The molecule has 8 heavy (non-hydrogen) atoms. The molecular weight excluding hydrogens is 128 g/mol. The van der Waals surface area contributed by atoms with Crippen LogP contribution in [0.1, 0.15) is 0 Å². The van der Waals surface area contributed by atoms with Crippen molar-refractivity contribution in [1.29, 1.82) is 0 Å².